The van der Waals surface area contributed by atoms with Crippen molar-refractivity contribution in [2.45, 2.75) is 92.9 Å². The summed E-state index contributed by atoms with van der Waals surface area (Å²) in [5.74, 6) is 0. The van der Waals surface area contributed by atoms with Gasteiger partial charge in [0.05, 0.1) is 0 Å². The third-order valence-corrected chi connectivity index (χ3v) is 15.1. The number of halogens is 2. The number of fused-ring (bicyclic) bond motifs is 3. The molecule has 0 heterocycles. The molecule has 2 aromatic carbocycles. The third kappa shape index (κ3) is 5.19. The Hall–Kier alpha value is -0.747. The van der Waals surface area contributed by atoms with E-state index >= 15 is 0 Å². The van der Waals surface area contributed by atoms with Gasteiger partial charge in [0.1, 0.15) is 0 Å². The van der Waals surface area contributed by atoms with E-state index in [1.165, 1.54) is 27.8 Å². The van der Waals surface area contributed by atoms with E-state index in [0.717, 1.165) is 12.8 Å². The molecule has 34 heavy (non-hydrogen) atoms. The van der Waals surface area contributed by atoms with Gasteiger partial charge in [-0.2, -0.15) is 0 Å². The molecule has 0 aliphatic heterocycles. The quantitative estimate of drug-likeness (QED) is 0.438. The Kier molecular flexibility index (Phi) is 8.95. The van der Waals surface area contributed by atoms with Gasteiger partial charge in [0, 0.05) is 0 Å². The maximum atomic E-state index is 2.56. The largest absolute Gasteiger partial charge is 1.00 e. The van der Waals surface area contributed by atoms with Crippen molar-refractivity contribution in [2.75, 3.05) is 0 Å². The van der Waals surface area contributed by atoms with Gasteiger partial charge < -0.3 is 24.8 Å². The predicted octanol–water partition coefficient (Wildman–Crippen LogP) is 1.78. The molecule has 0 fully saturated rings. The average Bonchev–Trinajstić information content (AvgIpc) is 3.28. The number of aryl methyl sites for hydroxylation is 1. The predicted molar refractivity (Wildman–Crippen MR) is 139 cm³/mol. The minimum atomic E-state index is -2.12. The van der Waals surface area contributed by atoms with Gasteiger partial charge in [0.25, 0.3) is 0 Å². The summed E-state index contributed by atoms with van der Waals surface area (Å²) in [6, 6.07) is 7.59. The van der Waals surface area contributed by atoms with Crippen molar-refractivity contribution >= 4 is 6.48 Å². The molecule has 2 aliphatic carbocycles. The van der Waals surface area contributed by atoms with Gasteiger partial charge in [-0.3, -0.25) is 0 Å². The van der Waals surface area contributed by atoms with Crippen LogP contribution in [0.1, 0.15) is 95.2 Å². The van der Waals surface area contributed by atoms with E-state index in [-0.39, 0.29) is 35.6 Å². The summed E-state index contributed by atoms with van der Waals surface area (Å²) >= 11 is -2.12. The first-order chi connectivity index (χ1) is 14.8. The number of benzene rings is 2. The number of rotatable bonds is 2. The second kappa shape index (κ2) is 10.3. The molecule has 0 saturated heterocycles. The molecular formula is C31H40Cl2Zr. The van der Waals surface area contributed by atoms with Crippen LogP contribution in [0, 0.1) is 13.8 Å². The third-order valence-electron chi connectivity index (χ3n) is 7.26. The molecule has 0 unspecified atom stereocenters. The monoisotopic (exact) mass is 572 g/mol. The fourth-order valence-electron chi connectivity index (χ4n) is 5.90. The van der Waals surface area contributed by atoms with Gasteiger partial charge in [-0.1, -0.05) is 0 Å². The zero-order chi connectivity index (χ0) is 23.6. The van der Waals surface area contributed by atoms with Crippen LogP contribution >= 0.6 is 0 Å². The van der Waals surface area contributed by atoms with Crippen molar-refractivity contribution in [1.82, 2.24) is 0 Å². The summed E-state index contributed by atoms with van der Waals surface area (Å²) < 4.78 is 5.21. The maximum Gasteiger partial charge on any atom is -1.00 e. The van der Waals surface area contributed by atoms with Crippen molar-refractivity contribution in [3.8, 4) is 11.1 Å². The molecule has 2 aromatic rings. The van der Waals surface area contributed by atoms with E-state index in [0.29, 0.717) is 0 Å². The smallest absolute Gasteiger partial charge is 1.00 e. The Balaban J connectivity index is 0.00000204. The summed E-state index contributed by atoms with van der Waals surface area (Å²) in [6.07, 6.45) is 9.36. The van der Waals surface area contributed by atoms with Crippen LogP contribution in [0.3, 0.4) is 0 Å². The van der Waals surface area contributed by atoms with Crippen molar-refractivity contribution in [3.63, 3.8) is 0 Å². The first kappa shape index (κ1) is 29.5. The number of hydrogen-bond acceptors (Lipinski definition) is 0. The van der Waals surface area contributed by atoms with Gasteiger partial charge in [-0.05, 0) is 0 Å². The molecule has 0 bridgehead atoms. The molecule has 0 spiro atoms. The van der Waals surface area contributed by atoms with E-state index in [9.17, 15) is 0 Å². The van der Waals surface area contributed by atoms with Crippen LogP contribution in [0.2, 0.25) is 0 Å². The fourth-order valence-corrected chi connectivity index (χ4v) is 13.5. The van der Waals surface area contributed by atoms with Crippen LogP contribution in [0.15, 0.2) is 39.7 Å². The Morgan fingerprint density at radius 2 is 1.41 bits per heavy atom. The molecule has 0 nitrogen and oxygen atoms in total. The molecule has 0 aromatic heterocycles. The average molecular weight is 575 g/mol. The van der Waals surface area contributed by atoms with Gasteiger partial charge in [-0.15, -0.1) is 0 Å². The molecule has 4 rings (SSSR count). The molecule has 0 radical (unpaired) electrons. The van der Waals surface area contributed by atoms with Crippen LogP contribution in [-0.4, -0.2) is 3.21 Å². The Morgan fingerprint density at radius 3 is 1.91 bits per heavy atom. The molecule has 0 saturated carbocycles. The van der Waals surface area contributed by atoms with Crippen molar-refractivity contribution in [1.29, 1.82) is 0 Å². The van der Waals surface area contributed by atoms with Gasteiger partial charge >= 0.3 is 205 Å². The number of allylic oxidation sites excluding steroid dienone is 4. The van der Waals surface area contributed by atoms with Gasteiger partial charge in [-0.25, -0.2) is 0 Å². The maximum absolute atomic E-state index is 2.56. The van der Waals surface area contributed by atoms with E-state index in [1.807, 2.05) is 0 Å². The molecule has 2 aliphatic rings. The molecule has 0 atom stereocenters. The van der Waals surface area contributed by atoms with Crippen molar-refractivity contribution in [3.05, 3.63) is 73.1 Å². The Morgan fingerprint density at radius 1 is 0.824 bits per heavy atom. The summed E-state index contributed by atoms with van der Waals surface area (Å²) in [7, 11) is 0. The minimum absolute atomic E-state index is 0. The van der Waals surface area contributed by atoms with Crippen LogP contribution in [0.4, 0.5) is 0 Å². The first-order valence-corrected chi connectivity index (χ1v) is 15.8. The SMILES string of the molecule is C[C](C)=[Zr+2]([C]1=CC=CC1)[c]1c(C)c(C(C)(C)C)cc2c1Cc1cc(C)c(C(C)(C)C)cc1-2.[Cl-].[Cl-]. The first-order valence-electron chi connectivity index (χ1n) is 12.2. The summed E-state index contributed by atoms with van der Waals surface area (Å²) in [4.78, 5) is 0. The van der Waals surface area contributed by atoms with E-state index in [1.54, 1.807) is 26.4 Å². The van der Waals surface area contributed by atoms with Crippen LogP contribution < -0.4 is 28.1 Å². The minimum Gasteiger partial charge on any atom is -1.00 e. The van der Waals surface area contributed by atoms with Gasteiger partial charge in [0.2, 0.25) is 0 Å². The zero-order valence-corrected chi connectivity index (χ0v) is 26.6. The van der Waals surface area contributed by atoms with E-state index in [2.05, 4.69) is 106 Å². The normalized spacial score (nSPS) is 13.9. The summed E-state index contributed by atoms with van der Waals surface area (Å²) in [5.41, 5.74) is 12.6. The molecule has 3 heteroatoms. The number of hydrogen-bond donors (Lipinski definition) is 0. The zero-order valence-electron chi connectivity index (χ0n) is 22.6. The Bertz CT molecular complexity index is 1210. The summed E-state index contributed by atoms with van der Waals surface area (Å²) in [5, 5.41) is 0. The molecular weight excluding hydrogens is 534 g/mol. The molecule has 0 amide bonds. The van der Waals surface area contributed by atoms with E-state index in [4.69, 9.17) is 0 Å². The van der Waals surface area contributed by atoms with Crippen molar-refractivity contribution in [2.24, 2.45) is 0 Å². The van der Waals surface area contributed by atoms with E-state index < -0.39 is 21.3 Å². The fraction of sp³-hybridized carbons (Fsp3) is 0.452. The standard InChI is InChI=1S/C23H29.C5H5.C3H6.2ClH.Zr/c1-14-9-16-11-17-10-15(2)21(23(6,7)8)13-19(17)18(16)12-20(14)22(3,4)5;1-2-4-5-3-1;1-3-2;;;/h9,12-13H,11H2,1-8H3;1-3H,4H2;1-2H3;2*1H;/q;;;;;+2/p-2. The van der Waals surface area contributed by atoms with Crippen LogP contribution in [0.25, 0.3) is 11.1 Å². The molecule has 0 N–H and O–H groups in total. The van der Waals surface area contributed by atoms with Gasteiger partial charge in [0.15, 0.2) is 0 Å². The second-order valence-corrected chi connectivity index (χ2v) is 19.3. The van der Waals surface area contributed by atoms with Crippen LogP contribution in [-0.2, 0) is 38.5 Å². The Labute approximate surface area is 228 Å². The molecule has 182 valence electrons. The topological polar surface area (TPSA) is 0 Å². The van der Waals surface area contributed by atoms with Crippen LogP contribution in [0.5, 0.6) is 0 Å². The van der Waals surface area contributed by atoms with Crippen molar-refractivity contribution < 1.29 is 46.1 Å². The second-order valence-electron chi connectivity index (χ2n) is 12.2. The summed E-state index contributed by atoms with van der Waals surface area (Å²) in [6.45, 7) is 23.8.